The van der Waals surface area contributed by atoms with Crippen LogP contribution in [0.1, 0.15) is 39.7 Å². The summed E-state index contributed by atoms with van der Waals surface area (Å²) >= 11 is 0. The zero-order chi connectivity index (χ0) is 19.0. The van der Waals surface area contributed by atoms with Gasteiger partial charge in [0.25, 0.3) is 0 Å². The van der Waals surface area contributed by atoms with Crippen molar-refractivity contribution in [2.75, 3.05) is 13.1 Å². The predicted molar refractivity (Wildman–Crippen MR) is 100 cm³/mol. The van der Waals surface area contributed by atoms with E-state index in [0.717, 1.165) is 35.0 Å². The molecule has 1 aliphatic heterocycles. The Morgan fingerprint density at radius 3 is 2.70 bits per heavy atom. The summed E-state index contributed by atoms with van der Waals surface area (Å²) in [6.07, 6.45) is 8.82. The summed E-state index contributed by atoms with van der Waals surface area (Å²) in [6.45, 7) is 7.00. The zero-order valence-corrected chi connectivity index (χ0v) is 15.8. The lowest BCUT2D eigenvalue weighted by molar-refractivity contribution is 0.0185. The van der Waals surface area contributed by atoms with Crippen LogP contribution < -0.4 is 5.10 Å². The Labute approximate surface area is 157 Å². The average molecular weight is 367 g/mol. The number of rotatable bonds is 2. The maximum absolute atomic E-state index is 12.2. The molecule has 0 bridgehead atoms. The number of nitrogens with zero attached hydrogens (tertiary/aromatic N) is 6. The number of ether oxygens (including phenoxy) is 1. The Hall–Kier alpha value is -2.90. The summed E-state index contributed by atoms with van der Waals surface area (Å²) in [5.41, 5.74) is 3.08. The lowest BCUT2D eigenvalue weighted by atomic mass is 10.1. The Morgan fingerprint density at radius 1 is 1.19 bits per heavy atom. The Bertz CT molecular complexity index is 946. The highest BCUT2D eigenvalue weighted by molar-refractivity contribution is 5.79. The molecular formula is C19H23N6O2-. The van der Waals surface area contributed by atoms with Gasteiger partial charge in [-0.3, -0.25) is 9.67 Å². The highest BCUT2D eigenvalue weighted by atomic mass is 16.6. The molecule has 0 unspecified atom stereocenters. The van der Waals surface area contributed by atoms with Gasteiger partial charge in [-0.25, -0.2) is 4.79 Å². The van der Waals surface area contributed by atoms with Gasteiger partial charge < -0.3 is 19.8 Å². The first kappa shape index (κ1) is 17.5. The number of carbonyl (C=O) groups is 1. The number of carbonyl (C=O) groups excluding carboxylic acids is 1. The van der Waals surface area contributed by atoms with Crippen LogP contribution in [-0.2, 0) is 4.74 Å². The Kier molecular flexibility index (Phi) is 4.33. The molecule has 0 atom stereocenters. The lowest BCUT2D eigenvalue weighted by Gasteiger charge is -2.33. The van der Waals surface area contributed by atoms with Crippen molar-refractivity contribution in [3.8, 4) is 11.1 Å². The first-order valence-corrected chi connectivity index (χ1v) is 9.16. The zero-order valence-electron chi connectivity index (χ0n) is 15.8. The van der Waals surface area contributed by atoms with E-state index in [-0.39, 0.29) is 12.1 Å². The van der Waals surface area contributed by atoms with Gasteiger partial charge in [0.05, 0.1) is 23.3 Å². The van der Waals surface area contributed by atoms with Gasteiger partial charge in [-0.1, -0.05) is 0 Å². The van der Waals surface area contributed by atoms with Crippen LogP contribution in [0.5, 0.6) is 0 Å². The Balaban J connectivity index is 1.41. The number of aromatic nitrogens is 5. The smallest absolute Gasteiger partial charge is 0.410 e. The molecule has 8 heteroatoms. The molecule has 0 radical (unpaired) electrons. The molecule has 0 aromatic carbocycles. The number of pyridine rings is 1. The molecule has 0 saturated carbocycles. The van der Waals surface area contributed by atoms with E-state index in [0.29, 0.717) is 13.1 Å². The normalized spacial score (nSPS) is 16.0. The van der Waals surface area contributed by atoms with Gasteiger partial charge in [0.15, 0.2) is 0 Å². The third-order valence-corrected chi connectivity index (χ3v) is 4.67. The molecule has 1 amide bonds. The van der Waals surface area contributed by atoms with E-state index in [1.165, 1.54) is 0 Å². The molecule has 1 aliphatic rings. The molecule has 0 N–H and O–H groups in total. The van der Waals surface area contributed by atoms with Crippen LogP contribution in [0.2, 0.25) is 0 Å². The number of amides is 1. The second kappa shape index (κ2) is 6.68. The molecule has 1 fully saturated rings. The maximum atomic E-state index is 12.2. The van der Waals surface area contributed by atoms with Crippen LogP contribution in [-0.4, -0.2) is 49.5 Å². The predicted octanol–water partition coefficient (Wildman–Crippen LogP) is 3.02. The van der Waals surface area contributed by atoms with E-state index in [9.17, 15) is 4.79 Å². The van der Waals surface area contributed by atoms with Crippen molar-refractivity contribution in [3.05, 3.63) is 30.9 Å². The molecule has 3 aromatic rings. The van der Waals surface area contributed by atoms with E-state index in [1.54, 1.807) is 11.1 Å². The molecule has 0 spiro atoms. The molecule has 3 aromatic heterocycles. The highest BCUT2D eigenvalue weighted by Gasteiger charge is 2.27. The molecule has 0 aliphatic carbocycles. The largest absolute Gasteiger partial charge is 0.579 e. The van der Waals surface area contributed by atoms with Crippen molar-refractivity contribution in [1.82, 2.24) is 29.9 Å². The van der Waals surface area contributed by atoms with E-state index < -0.39 is 5.60 Å². The minimum Gasteiger partial charge on any atom is -0.579 e. The van der Waals surface area contributed by atoms with E-state index in [2.05, 4.69) is 20.3 Å². The number of piperidine rings is 1. The first-order chi connectivity index (χ1) is 12.9. The molecule has 8 nitrogen and oxygen atoms in total. The number of fused-ring (bicyclic) bond motifs is 1. The fraction of sp³-hybridized carbons (Fsp3) is 0.474. The van der Waals surface area contributed by atoms with Crippen molar-refractivity contribution in [1.29, 1.82) is 0 Å². The second-order valence-electron chi connectivity index (χ2n) is 7.88. The van der Waals surface area contributed by atoms with Gasteiger partial charge in [0, 0.05) is 36.6 Å². The maximum Gasteiger partial charge on any atom is 0.410 e. The van der Waals surface area contributed by atoms with Crippen molar-refractivity contribution < 1.29 is 9.53 Å². The number of hydrogen-bond donors (Lipinski definition) is 0. The van der Waals surface area contributed by atoms with Gasteiger partial charge in [-0.2, -0.15) is 5.10 Å². The second-order valence-corrected chi connectivity index (χ2v) is 7.88. The quantitative estimate of drug-likeness (QED) is 0.692. The average Bonchev–Trinajstić information content (AvgIpc) is 3.29. The topological polar surface area (TPSA) is 87.2 Å². The molecule has 4 rings (SSSR count). The van der Waals surface area contributed by atoms with Crippen molar-refractivity contribution in [2.24, 2.45) is 0 Å². The van der Waals surface area contributed by atoms with Gasteiger partial charge in [-0.15, -0.1) is 6.20 Å². The minimum atomic E-state index is -0.466. The van der Waals surface area contributed by atoms with Crippen LogP contribution in [0, 0.1) is 0 Å². The van der Waals surface area contributed by atoms with Crippen molar-refractivity contribution in [3.63, 3.8) is 0 Å². The SMILES string of the molecule is CC(C)(C)OC(=O)N1CCC(n2cc(-c3cnc4c[n-]nc4c3)cn2)CC1. The van der Waals surface area contributed by atoms with Crippen molar-refractivity contribution in [2.45, 2.75) is 45.3 Å². The fourth-order valence-electron chi connectivity index (χ4n) is 3.27. The summed E-state index contributed by atoms with van der Waals surface area (Å²) in [5.74, 6) is 0. The summed E-state index contributed by atoms with van der Waals surface area (Å²) in [6, 6.07) is 2.25. The van der Waals surface area contributed by atoms with E-state index in [4.69, 9.17) is 4.74 Å². The summed E-state index contributed by atoms with van der Waals surface area (Å²) in [7, 11) is 0. The number of likely N-dealkylation sites (tertiary alicyclic amines) is 1. The third kappa shape index (κ3) is 3.79. The third-order valence-electron chi connectivity index (χ3n) is 4.67. The van der Waals surface area contributed by atoms with Crippen LogP contribution in [0.4, 0.5) is 4.79 Å². The van der Waals surface area contributed by atoms with Crippen LogP contribution in [0.15, 0.2) is 30.9 Å². The first-order valence-electron chi connectivity index (χ1n) is 9.16. The summed E-state index contributed by atoms with van der Waals surface area (Å²) in [5, 5.41) is 12.5. The fourth-order valence-corrected chi connectivity index (χ4v) is 3.27. The van der Waals surface area contributed by atoms with Crippen LogP contribution in [0.25, 0.3) is 22.2 Å². The van der Waals surface area contributed by atoms with Crippen LogP contribution in [0.3, 0.4) is 0 Å². The molecule has 27 heavy (non-hydrogen) atoms. The summed E-state index contributed by atoms with van der Waals surface area (Å²) < 4.78 is 7.44. The molecular weight excluding hydrogens is 344 g/mol. The molecule has 4 heterocycles. The van der Waals surface area contributed by atoms with Gasteiger partial charge >= 0.3 is 6.09 Å². The van der Waals surface area contributed by atoms with Gasteiger partial charge in [0.1, 0.15) is 5.60 Å². The Morgan fingerprint density at radius 2 is 1.96 bits per heavy atom. The van der Waals surface area contributed by atoms with Gasteiger partial charge in [-0.05, 0) is 39.7 Å². The summed E-state index contributed by atoms with van der Waals surface area (Å²) in [4.78, 5) is 18.3. The standard InChI is InChI=1S/C19H23N6O2/c1-19(2,3)27-18(26)24-6-4-15(5-7-24)25-12-14(10-22-25)13-8-16-17(20-9-13)11-21-23-16/h8-12,15H,4-7H2,1-3H3/q-1. The monoisotopic (exact) mass is 367 g/mol. The van der Waals surface area contributed by atoms with E-state index in [1.807, 2.05) is 50.1 Å². The minimum absolute atomic E-state index is 0.239. The molecule has 142 valence electrons. The lowest BCUT2D eigenvalue weighted by Crippen LogP contribution is -2.42. The van der Waals surface area contributed by atoms with E-state index >= 15 is 0 Å². The molecule has 1 saturated heterocycles. The number of hydrogen-bond acceptors (Lipinski definition) is 5. The highest BCUT2D eigenvalue weighted by Crippen LogP contribution is 2.27. The van der Waals surface area contributed by atoms with Crippen LogP contribution >= 0.6 is 0 Å². The van der Waals surface area contributed by atoms with Crippen molar-refractivity contribution >= 4 is 17.1 Å². The van der Waals surface area contributed by atoms with Gasteiger partial charge in [0.2, 0.25) is 0 Å².